The average Bonchev–Trinajstić information content (AvgIpc) is 3.27. The predicted octanol–water partition coefficient (Wildman–Crippen LogP) is 2.56. The summed E-state index contributed by atoms with van der Waals surface area (Å²) in [5, 5.41) is 12.2. The lowest BCUT2D eigenvalue weighted by molar-refractivity contribution is -0.147. The molecule has 0 radical (unpaired) electrons. The summed E-state index contributed by atoms with van der Waals surface area (Å²) in [5.74, 6) is -0.427. The van der Waals surface area contributed by atoms with Crippen LogP contribution in [0.1, 0.15) is 31.2 Å². The van der Waals surface area contributed by atoms with E-state index in [4.69, 9.17) is 4.74 Å². The van der Waals surface area contributed by atoms with E-state index in [2.05, 4.69) is 5.32 Å². The molecule has 2 fully saturated rings. The van der Waals surface area contributed by atoms with Gasteiger partial charge in [0.1, 0.15) is 12.1 Å². The van der Waals surface area contributed by atoms with Crippen molar-refractivity contribution in [3.63, 3.8) is 0 Å². The predicted molar refractivity (Wildman–Crippen MR) is 75.6 cm³/mol. The lowest BCUT2D eigenvalue weighted by atomic mass is 9.81. The molecule has 0 saturated heterocycles. The molecule has 5 heteroatoms. The molecule has 2 N–H and O–H groups in total. The number of rotatable bonds is 4. The first-order valence-electron chi connectivity index (χ1n) is 7.34. The number of carbonyl (C=O) groups is 2. The Labute approximate surface area is 123 Å². The highest BCUT2D eigenvalue weighted by Crippen LogP contribution is 2.54. The summed E-state index contributed by atoms with van der Waals surface area (Å²) in [6, 6.07) is 9.34. The normalized spacial score (nSPS) is 30.1. The number of fused-ring (bicyclic) bond motifs is 1. The molecule has 0 bridgehead atoms. The Hall–Kier alpha value is -2.04. The molecule has 0 heterocycles. The van der Waals surface area contributed by atoms with Crippen molar-refractivity contribution in [1.29, 1.82) is 0 Å². The van der Waals surface area contributed by atoms with Crippen LogP contribution in [0, 0.1) is 11.8 Å². The van der Waals surface area contributed by atoms with Crippen LogP contribution in [0.5, 0.6) is 0 Å². The molecule has 3 rings (SSSR count). The molecule has 0 spiro atoms. The molecular weight excluding hydrogens is 270 g/mol. The van der Waals surface area contributed by atoms with Gasteiger partial charge in [-0.15, -0.1) is 0 Å². The van der Waals surface area contributed by atoms with Crippen LogP contribution in [0.3, 0.4) is 0 Å². The summed E-state index contributed by atoms with van der Waals surface area (Å²) < 4.78 is 5.16. The van der Waals surface area contributed by atoms with Gasteiger partial charge in [0.2, 0.25) is 0 Å². The van der Waals surface area contributed by atoms with E-state index in [0.29, 0.717) is 12.3 Å². The summed E-state index contributed by atoms with van der Waals surface area (Å²) in [6.07, 6.45) is 2.65. The molecular formula is C16H19NO4. The average molecular weight is 289 g/mol. The standard InChI is InChI=1S/C16H19NO4/c18-14(19)16(8-4-7-12-9-13(12)16)17-15(20)21-10-11-5-2-1-3-6-11/h1-3,5-6,12-13H,4,7-10H2,(H,17,20)(H,18,19). The van der Waals surface area contributed by atoms with E-state index in [1.54, 1.807) is 0 Å². The largest absolute Gasteiger partial charge is 0.479 e. The van der Waals surface area contributed by atoms with Crippen molar-refractivity contribution < 1.29 is 19.4 Å². The number of ether oxygens (including phenoxy) is 1. The second-order valence-corrected chi connectivity index (χ2v) is 5.96. The third kappa shape index (κ3) is 2.73. The van der Waals surface area contributed by atoms with Gasteiger partial charge in [0.15, 0.2) is 0 Å². The molecule has 21 heavy (non-hydrogen) atoms. The fourth-order valence-corrected chi connectivity index (χ4v) is 3.41. The zero-order valence-corrected chi connectivity index (χ0v) is 11.7. The zero-order valence-electron chi connectivity index (χ0n) is 11.7. The van der Waals surface area contributed by atoms with Crippen LogP contribution in [0.4, 0.5) is 4.79 Å². The Morgan fingerprint density at radius 3 is 2.81 bits per heavy atom. The monoisotopic (exact) mass is 289 g/mol. The minimum absolute atomic E-state index is 0.0630. The molecule has 2 saturated carbocycles. The van der Waals surface area contributed by atoms with Gasteiger partial charge >= 0.3 is 12.1 Å². The third-order valence-corrected chi connectivity index (χ3v) is 4.62. The lowest BCUT2D eigenvalue weighted by Gasteiger charge is -2.33. The van der Waals surface area contributed by atoms with Crippen LogP contribution < -0.4 is 5.32 Å². The number of nitrogens with one attached hydrogen (secondary N) is 1. The molecule has 1 aromatic carbocycles. The first kappa shape index (κ1) is 13.9. The maximum atomic E-state index is 12.0. The zero-order chi connectivity index (χ0) is 14.9. The van der Waals surface area contributed by atoms with Crippen molar-refractivity contribution in [2.24, 2.45) is 11.8 Å². The minimum atomic E-state index is -1.13. The summed E-state index contributed by atoms with van der Waals surface area (Å²) in [4.78, 5) is 23.6. The topological polar surface area (TPSA) is 75.6 Å². The van der Waals surface area contributed by atoms with E-state index in [0.717, 1.165) is 24.8 Å². The van der Waals surface area contributed by atoms with Crippen LogP contribution >= 0.6 is 0 Å². The quantitative estimate of drug-likeness (QED) is 0.893. The van der Waals surface area contributed by atoms with Gasteiger partial charge in [-0.25, -0.2) is 9.59 Å². The van der Waals surface area contributed by atoms with Gasteiger partial charge in [0.25, 0.3) is 0 Å². The minimum Gasteiger partial charge on any atom is -0.479 e. The van der Waals surface area contributed by atoms with E-state index in [1.807, 2.05) is 30.3 Å². The number of hydrogen-bond acceptors (Lipinski definition) is 3. The Morgan fingerprint density at radius 1 is 1.33 bits per heavy atom. The van der Waals surface area contributed by atoms with E-state index in [-0.39, 0.29) is 12.5 Å². The van der Waals surface area contributed by atoms with Crippen LogP contribution in [-0.2, 0) is 16.1 Å². The van der Waals surface area contributed by atoms with Crippen LogP contribution in [-0.4, -0.2) is 22.7 Å². The molecule has 0 aliphatic heterocycles. The highest BCUT2D eigenvalue weighted by atomic mass is 16.5. The van der Waals surface area contributed by atoms with Gasteiger partial charge in [-0.3, -0.25) is 0 Å². The fourth-order valence-electron chi connectivity index (χ4n) is 3.41. The first-order chi connectivity index (χ1) is 10.1. The van der Waals surface area contributed by atoms with Gasteiger partial charge < -0.3 is 15.2 Å². The van der Waals surface area contributed by atoms with Crippen molar-refractivity contribution >= 4 is 12.1 Å². The van der Waals surface area contributed by atoms with Crippen LogP contribution in [0.2, 0.25) is 0 Å². The van der Waals surface area contributed by atoms with E-state index in [9.17, 15) is 14.7 Å². The summed E-state index contributed by atoms with van der Waals surface area (Å²) in [5.41, 5.74) is -0.249. The summed E-state index contributed by atoms with van der Waals surface area (Å²) in [6.45, 7) is 0.149. The lowest BCUT2D eigenvalue weighted by Crippen LogP contribution is -2.57. The molecule has 5 nitrogen and oxygen atoms in total. The molecule has 0 aromatic heterocycles. The SMILES string of the molecule is O=C(NC1(C(=O)O)CCCC2CC21)OCc1ccccc1. The Morgan fingerprint density at radius 2 is 2.10 bits per heavy atom. The van der Waals surface area contributed by atoms with E-state index in [1.165, 1.54) is 0 Å². The summed E-state index contributed by atoms with van der Waals surface area (Å²) in [7, 11) is 0. The molecule has 1 amide bonds. The Balaban J connectivity index is 1.61. The van der Waals surface area contributed by atoms with Crippen molar-refractivity contribution in [2.75, 3.05) is 0 Å². The number of carboxylic acid groups (broad SMARTS) is 1. The number of hydrogen-bond donors (Lipinski definition) is 2. The van der Waals surface area contributed by atoms with Gasteiger partial charge in [-0.05, 0) is 36.7 Å². The van der Waals surface area contributed by atoms with E-state index < -0.39 is 17.6 Å². The Bertz CT molecular complexity index is 544. The number of alkyl carbamates (subject to hydrolysis) is 1. The Kier molecular flexibility index (Phi) is 3.57. The van der Waals surface area contributed by atoms with Crippen molar-refractivity contribution in [3.8, 4) is 0 Å². The molecule has 2 aliphatic rings. The van der Waals surface area contributed by atoms with Gasteiger partial charge in [-0.1, -0.05) is 36.8 Å². The van der Waals surface area contributed by atoms with Crippen molar-refractivity contribution in [3.05, 3.63) is 35.9 Å². The number of carboxylic acids is 1. The van der Waals surface area contributed by atoms with Gasteiger partial charge in [0, 0.05) is 0 Å². The summed E-state index contributed by atoms with van der Waals surface area (Å²) >= 11 is 0. The van der Waals surface area contributed by atoms with Crippen molar-refractivity contribution in [2.45, 2.75) is 37.8 Å². The maximum Gasteiger partial charge on any atom is 0.408 e. The van der Waals surface area contributed by atoms with Crippen molar-refractivity contribution in [1.82, 2.24) is 5.32 Å². The van der Waals surface area contributed by atoms with Gasteiger partial charge in [-0.2, -0.15) is 0 Å². The number of benzene rings is 1. The van der Waals surface area contributed by atoms with Gasteiger partial charge in [0.05, 0.1) is 0 Å². The highest BCUT2D eigenvalue weighted by molar-refractivity contribution is 5.85. The molecule has 3 unspecified atom stereocenters. The second-order valence-electron chi connectivity index (χ2n) is 5.96. The van der Waals surface area contributed by atoms with Crippen LogP contribution in [0.15, 0.2) is 30.3 Å². The highest BCUT2D eigenvalue weighted by Gasteiger charge is 2.60. The fraction of sp³-hybridized carbons (Fsp3) is 0.500. The van der Waals surface area contributed by atoms with E-state index >= 15 is 0 Å². The number of carbonyl (C=O) groups excluding carboxylic acids is 1. The third-order valence-electron chi connectivity index (χ3n) is 4.62. The first-order valence-corrected chi connectivity index (χ1v) is 7.34. The molecule has 2 aliphatic carbocycles. The smallest absolute Gasteiger partial charge is 0.408 e. The number of amides is 1. The molecule has 1 aromatic rings. The molecule has 112 valence electrons. The molecule has 3 atom stereocenters. The van der Waals surface area contributed by atoms with Crippen LogP contribution in [0.25, 0.3) is 0 Å². The second kappa shape index (κ2) is 5.39. The maximum absolute atomic E-state index is 12.0. The number of aliphatic carboxylic acids is 1.